The number of aromatic carboxylic acids is 1. The van der Waals surface area contributed by atoms with Gasteiger partial charge in [-0.3, -0.25) is 0 Å². The number of nitrogens with zero attached hydrogens (tertiary/aromatic N) is 1. The minimum atomic E-state index is -1.03. The zero-order chi connectivity index (χ0) is 9.26. The molecule has 1 aromatic rings. The van der Waals surface area contributed by atoms with E-state index >= 15 is 0 Å². The largest absolute Gasteiger partial charge is 0.477 e. The summed E-state index contributed by atoms with van der Waals surface area (Å²) < 4.78 is 5.32. The first-order valence-electron chi connectivity index (χ1n) is 3.91. The quantitative estimate of drug-likeness (QED) is 0.585. The summed E-state index contributed by atoms with van der Waals surface area (Å²) in [5.41, 5.74) is 0.0758. The van der Waals surface area contributed by atoms with Crippen LogP contribution in [0.5, 0.6) is 5.88 Å². The second-order valence-electron chi connectivity index (χ2n) is 2.82. The number of carboxylic acids is 1. The zero-order valence-electron chi connectivity index (χ0n) is 6.78. The summed E-state index contributed by atoms with van der Waals surface area (Å²) in [6.07, 6.45) is 1.29. The number of hydrogen-bond donors (Lipinski definition) is 3. The number of carboxylic acid groups (broad SMARTS) is 1. The van der Waals surface area contributed by atoms with Crippen LogP contribution in [0.1, 0.15) is 10.4 Å². The zero-order valence-corrected chi connectivity index (χ0v) is 6.78. The van der Waals surface area contributed by atoms with Crippen LogP contribution in [-0.2, 0) is 0 Å². The highest BCUT2D eigenvalue weighted by Gasteiger charge is 2.22. The highest BCUT2D eigenvalue weighted by Crippen LogP contribution is 2.16. The van der Waals surface area contributed by atoms with Crippen LogP contribution in [-0.4, -0.2) is 40.5 Å². The molecule has 0 bridgehead atoms. The molecule has 1 fully saturated rings. The average Bonchev–Trinajstić information content (AvgIpc) is 2.44. The Kier molecular flexibility index (Phi) is 1.90. The molecule has 13 heavy (non-hydrogen) atoms. The summed E-state index contributed by atoms with van der Waals surface area (Å²) in [5, 5.41) is 17.8. The molecule has 6 heteroatoms. The first kappa shape index (κ1) is 8.06. The van der Waals surface area contributed by atoms with E-state index in [9.17, 15) is 4.79 Å². The molecule has 1 saturated heterocycles. The fourth-order valence-electron chi connectivity index (χ4n) is 1.03. The Balaban J connectivity index is 2.09. The second-order valence-corrected chi connectivity index (χ2v) is 2.82. The number of H-pyrrole nitrogens is 1. The van der Waals surface area contributed by atoms with Gasteiger partial charge in [0, 0.05) is 13.1 Å². The van der Waals surface area contributed by atoms with Crippen molar-refractivity contribution < 1.29 is 14.6 Å². The fraction of sp³-hybridized carbons (Fsp3) is 0.429. The van der Waals surface area contributed by atoms with Crippen LogP contribution in [0.25, 0.3) is 0 Å². The van der Waals surface area contributed by atoms with E-state index in [1.807, 2.05) is 0 Å². The van der Waals surface area contributed by atoms with Gasteiger partial charge in [-0.2, -0.15) is 5.10 Å². The van der Waals surface area contributed by atoms with Crippen LogP contribution in [0.15, 0.2) is 6.20 Å². The molecule has 1 aliphatic rings. The monoisotopic (exact) mass is 183 g/mol. The molecule has 70 valence electrons. The van der Waals surface area contributed by atoms with E-state index in [0.717, 1.165) is 13.1 Å². The van der Waals surface area contributed by atoms with Gasteiger partial charge in [-0.25, -0.2) is 9.89 Å². The van der Waals surface area contributed by atoms with E-state index in [0.29, 0.717) is 0 Å². The molecule has 0 radical (unpaired) electrons. The maximum atomic E-state index is 10.6. The number of carbonyl (C=O) groups is 1. The Morgan fingerprint density at radius 1 is 1.69 bits per heavy atom. The molecule has 0 spiro atoms. The van der Waals surface area contributed by atoms with Crippen LogP contribution < -0.4 is 10.1 Å². The molecular weight excluding hydrogens is 174 g/mol. The summed E-state index contributed by atoms with van der Waals surface area (Å²) in [7, 11) is 0. The van der Waals surface area contributed by atoms with E-state index in [2.05, 4.69) is 15.5 Å². The van der Waals surface area contributed by atoms with Crippen molar-refractivity contribution in [3.05, 3.63) is 11.8 Å². The standard InChI is InChI=1S/C7H9N3O3/c11-7(12)5-3-9-10-6(5)13-4-1-8-2-4/h3-4,8H,1-2H2,(H,9,10)(H,11,12). The third-order valence-electron chi connectivity index (χ3n) is 1.86. The first-order chi connectivity index (χ1) is 6.27. The molecule has 3 N–H and O–H groups in total. The van der Waals surface area contributed by atoms with Crippen molar-refractivity contribution in [1.82, 2.24) is 15.5 Å². The van der Waals surface area contributed by atoms with Crippen molar-refractivity contribution in [2.75, 3.05) is 13.1 Å². The predicted octanol–water partition coefficient (Wildman–Crippen LogP) is -0.542. The lowest BCUT2D eigenvalue weighted by atomic mass is 10.2. The summed E-state index contributed by atoms with van der Waals surface area (Å²) in [4.78, 5) is 10.6. The topological polar surface area (TPSA) is 87.2 Å². The number of rotatable bonds is 3. The SMILES string of the molecule is O=C(O)c1cn[nH]c1OC1CNC1. The minimum Gasteiger partial charge on any atom is -0.477 e. The Labute approximate surface area is 73.9 Å². The summed E-state index contributed by atoms with van der Waals surface area (Å²) in [5.74, 6) is -0.796. The highest BCUT2D eigenvalue weighted by molar-refractivity contribution is 5.89. The smallest absolute Gasteiger partial charge is 0.342 e. The van der Waals surface area contributed by atoms with E-state index in [-0.39, 0.29) is 17.5 Å². The normalized spacial score (nSPS) is 16.6. The molecule has 0 atom stereocenters. The number of aromatic amines is 1. The van der Waals surface area contributed by atoms with Crippen molar-refractivity contribution in [3.8, 4) is 5.88 Å². The van der Waals surface area contributed by atoms with Gasteiger partial charge in [0.15, 0.2) is 0 Å². The Bertz CT molecular complexity index is 319. The van der Waals surface area contributed by atoms with E-state index in [1.54, 1.807) is 0 Å². The molecule has 1 aliphatic heterocycles. The maximum absolute atomic E-state index is 10.6. The molecule has 0 saturated carbocycles. The van der Waals surface area contributed by atoms with Crippen LogP contribution in [0, 0.1) is 0 Å². The molecule has 2 heterocycles. The van der Waals surface area contributed by atoms with E-state index in [1.165, 1.54) is 6.20 Å². The highest BCUT2D eigenvalue weighted by atomic mass is 16.5. The maximum Gasteiger partial charge on any atom is 0.342 e. The number of hydrogen-bond acceptors (Lipinski definition) is 4. The van der Waals surface area contributed by atoms with Crippen molar-refractivity contribution in [3.63, 3.8) is 0 Å². The Hall–Kier alpha value is -1.56. The number of nitrogens with one attached hydrogen (secondary N) is 2. The molecule has 0 aliphatic carbocycles. The molecular formula is C7H9N3O3. The van der Waals surface area contributed by atoms with Gasteiger partial charge >= 0.3 is 5.97 Å². The average molecular weight is 183 g/mol. The third kappa shape index (κ3) is 1.48. The lowest BCUT2D eigenvalue weighted by Crippen LogP contribution is -2.50. The van der Waals surface area contributed by atoms with Crippen LogP contribution >= 0.6 is 0 Å². The van der Waals surface area contributed by atoms with Crippen LogP contribution in [0.4, 0.5) is 0 Å². The van der Waals surface area contributed by atoms with Crippen molar-refractivity contribution >= 4 is 5.97 Å². The number of aromatic nitrogens is 2. The molecule has 6 nitrogen and oxygen atoms in total. The lowest BCUT2D eigenvalue weighted by Gasteiger charge is -2.26. The van der Waals surface area contributed by atoms with Crippen molar-refractivity contribution in [2.24, 2.45) is 0 Å². The van der Waals surface area contributed by atoms with Gasteiger partial charge in [0.25, 0.3) is 0 Å². The van der Waals surface area contributed by atoms with Gasteiger partial charge in [-0.05, 0) is 0 Å². The van der Waals surface area contributed by atoms with Crippen LogP contribution in [0.2, 0.25) is 0 Å². The first-order valence-corrected chi connectivity index (χ1v) is 3.91. The van der Waals surface area contributed by atoms with Crippen molar-refractivity contribution in [2.45, 2.75) is 6.10 Å². The third-order valence-corrected chi connectivity index (χ3v) is 1.86. The molecule has 2 rings (SSSR count). The van der Waals surface area contributed by atoms with Crippen molar-refractivity contribution in [1.29, 1.82) is 0 Å². The van der Waals surface area contributed by atoms with Gasteiger partial charge in [0.05, 0.1) is 6.20 Å². The van der Waals surface area contributed by atoms with Gasteiger partial charge in [-0.15, -0.1) is 0 Å². The summed E-state index contributed by atoms with van der Waals surface area (Å²) >= 11 is 0. The molecule has 1 aromatic heterocycles. The van der Waals surface area contributed by atoms with Gasteiger partial charge in [-0.1, -0.05) is 0 Å². The molecule has 0 aromatic carbocycles. The lowest BCUT2D eigenvalue weighted by molar-refractivity contribution is 0.0683. The van der Waals surface area contributed by atoms with Gasteiger partial charge < -0.3 is 15.2 Å². The summed E-state index contributed by atoms with van der Waals surface area (Å²) in [6, 6.07) is 0. The van der Waals surface area contributed by atoms with E-state index in [4.69, 9.17) is 9.84 Å². The Morgan fingerprint density at radius 2 is 2.46 bits per heavy atom. The molecule has 0 unspecified atom stereocenters. The second kappa shape index (κ2) is 3.06. The summed E-state index contributed by atoms with van der Waals surface area (Å²) in [6.45, 7) is 1.50. The Morgan fingerprint density at radius 3 is 3.00 bits per heavy atom. The van der Waals surface area contributed by atoms with Crippen LogP contribution in [0.3, 0.4) is 0 Å². The minimum absolute atomic E-state index is 0.0542. The van der Waals surface area contributed by atoms with Gasteiger partial charge in [0.1, 0.15) is 11.7 Å². The fourth-order valence-corrected chi connectivity index (χ4v) is 1.03. The van der Waals surface area contributed by atoms with Gasteiger partial charge in [0.2, 0.25) is 5.88 Å². The van der Waals surface area contributed by atoms with E-state index < -0.39 is 5.97 Å². The number of ether oxygens (including phenoxy) is 1. The molecule has 0 amide bonds. The predicted molar refractivity (Wildman–Crippen MR) is 42.8 cm³/mol.